The molecular formula is C22H49NO6Si4. The highest BCUT2D eigenvalue weighted by molar-refractivity contribution is 6.89. The summed E-state index contributed by atoms with van der Waals surface area (Å²) < 4.78 is 19.6. The summed E-state index contributed by atoms with van der Waals surface area (Å²) in [5.41, 5.74) is 0.672. The molecule has 33 heavy (non-hydrogen) atoms. The van der Waals surface area contributed by atoms with Crippen LogP contribution >= 0.6 is 0 Å². The van der Waals surface area contributed by atoms with Crippen molar-refractivity contribution in [2.24, 2.45) is 11.8 Å². The Morgan fingerprint density at radius 2 is 1.39 bits per heavy atom. The summed E-state index contributed by atoms with van der Waals surface area (Å²) in [6, 6.07) is 0.736. The summed E-state index contributed by atoms with van der Waals surface area (Å²) in [6.45, 7) is 27.8. The van der Waals surface area contributed by atoms with E-state index in [-0.39, 0.29) is 12.3 Å². The largest absolute Gasteiger partial charge is 0.481 e. The average Bonchev–Trinajstić information content (AvgIpc) is 2.50. The van der Waals surface area contributed by atoms with Gasteiger partial charge in [-0.25, -0.2) is 0 Å². The maximum Gasteiger partial charge on any atom is 0.315 e. The van der Waals surface area contributed by atoms with Gasteiger partial charge < -0.3 is 22.8 Å². The Hall–Kier alpha value is -0.572. The van der Waals surface area contributed by atoms with Crippen LogP contribution in [0, 0.1) is 11.8 Å². The van der Waals surface area contributed by atoms with Gasteiger partial charge in [0.15, 0.2) is 16.6 Å². The minimum absolute atomic E-state index is 0.237. The first-order valence-electron chi connectivity index (χ1n) is 11.9. The Labute approximate surface area is 206 Å². The van der Waals surface area contributed by atoms with E-state index in [1.807, 2.05) is 13.8 Å². The van der Waals surface area contributed by atoms with Gasteiger partial charge in [0, 0.05) is 6.54 Å². The third-order valence-electron chi connectivity index (χ3n) is 4.50. The van der Waals surface area contributed by atoms with Crippen LogP contribution in [0.4, 0.5) is 0 Å². The number of carbonyl (C=O) groups is 2. The molecule has 0 heterocycles. The van der Waals surface area contributed by atoms with Crippen molar-refractivity contribution in [1.29, 1.82) is 0 Å². The van der Waals surface area contributed by atoms with Crippen LogP contribution in [0.25, 0.3) is 0 Å². The van der Waals surface area contributed by atoms with Gasteiger partial charge in [-0.1, -0.05) is 26.0 Å². The quantitative estimate of drug-likeness (QED) is 0.150. The minimum atomic E-state index is -2.53. The van der Waals surface area contributed by atoms with E-state index < -0.39 is 45.6 Å². The molecule has 0 aliphatic rings. The Morgan fingerprint density at radius 3 is 1.82 bits per heavy atom. The maximum atomic E-state index is 12.8. The van der Waals surface area contributed by atoms with E-state index >= 15 is 0 Å². The maximum absolute atomic E-state index is 12.8. The van der Waals surface area contributed by atoms with E-state index in [9.17, 15) is 14.7 Å². The number of hydrogen-bond acceptors (Lipinski definition) is 5. The van der Waals surface area contributed by atoms with Crippen LogP contribution in [0.1, 0.15) is 33.1 Å². The molecule has 2 atom stereocenters. The van der Waals surface area contributed by atoms with Crippen molar-refractivity contribution in [1.82, 2.24) is 5.32 Å². The standard InChI is InChI=1S/C22H49NO6Si4/c1-18(2)16-19(3)20(17-21(24)25)22(26)23-14-13-15-33(12,28-31(7,8)9)29-32(10,11)27-30(4,5)6/h18,20H,3,13-17H2,1-2,4-12H3,(H,23,26)(H,24,25). The molecule has 0 rings (SSSR count). The van der Waals surface area contributed by atoms with Crippen LogP contribution in [0.2, 0.25) is 65.0 Å². The predicted molar refractivity (Wildman–Crippen MR) is 146 cm³/mol. The summed E-state index contributed by atoms with van der Waals surface area (Å²) in [5.74, 6) is -1.66. The highest BCUT2D eigenvalue weighted by Crippen LogP contribution is 2.28. The van der Waals surface area contributed by atoms with E-state index in [1.165, 1.54) is 0 Å². The Bertz CT molecular complexity index is 673. The van der Waals surface area contributed by atoms with Crippen LogP contribution in [0.3, 0.4) is 0 Å². The van der Waals surface area contributed by atoms with Crippen molar-refractivity contribution in [2.75, 3.05) is 6.54 Å². The third-order valence-corrected chi connectivity index (χ3v) is 18.0. The number of nitrogens with one attached hydrogen (secondary N) is 1. The molecule has 0 aromatic heterocycles. The van der Waals surface area contributed by atoms with Gasteiger partial charge in [-0.15, -0.1) is 0 Å². The smallest absolute Gasteiger partial charge is 0.315 e. The second-order valence-corrected chi connectivity index (χ2v) is 28.3. The van der Waals surface area contributed by atoms with Gasteiger partial charge in [-0.3, -0.25) is 9.59 Å². The van der Waals surface area contributed by atoms with Gasteiger partial charge in [0.2, 0.25) is 5.91 Å². The van der Waals surface area contributed by atoms with Crippen molar-refractivity contribution in [3.8, 4) is 0 Å². The van der Waals surface area contributed by atoms with Gasteiger partial charge in [0.1, 0.15) is 0 Å². The molecule has 0 aromatic carbocycles. The van der Waals surface area contributed by atoms with Gasteiger partial charge in [-0.2, -0.15) is 0 Å². The molecule has 2 N–H and O–H groups in total. The number of rotatable bonds is 16. The van der Waals surface area contributed by atoms with E-state index in [4.69, 9.17) is 12.3 Å². The van der Waals surface area contributed by atoms with E-state index in [1.54, 1.807) is 0 Å². The summed E-state index contributed by atoms with van der Waals surface area (Å²) in [7, 11) is -8.50. The molecule has 7 nitrogen and oxygen atoms in total. The summed E-state index contributed by atoms with van der Waals surface area (Å²) in [5, 5.41) is 12.2. The molecule has 0 aliphatic heterocycles. The molecule has 0 saturated heterocycles. The van der Waals surface area contributed by atoms with Crippen LogP contribution in [-0.4, -0.2) is 57.3 Å². The lowest BCUT2D eigenvalue weighted by atomic mass is 9.89. The second kappa shape index (κ2) is 12.9. The van der Waals surface area contributed by atoms with Crippen molar-refractivity contribution >= 4 is 45.6 Å². The summed E-state index contributed by atoms with van der Waals surface area (Å²) >= 11 is 0. The molecule has 0 radical (unpaired) electrons. The Kier molecular flexibility index (Phi) is 12.7. The van der Waals surface area contributed by atoms with Crippen molar-refractivity contribution in [2.45, 2.75) is 98.1 Å². The molecule has 11 heteroatoms. The van der Waals surface area contributed by atoms with Gasteiger partial charge in [-0.05, 0) is 83.7 Å². The molecule has 194 valence electrons. The molecule has 0 bridgehead atoms. The fraction of sp³-hybridized carbons (Fsp3) is 0.818. The van der Waals surface area contributed by atoms with Gasteiger partial charge in [0.25, 0.3) is 0 Å². The topological polar surface area (TPSA) is 94.1 Å². The molecule has 0 spiro atoms. The van der Waals surface area contributed by atoms with Crippen molar-refractivity contribution in [3.63, 3.8) is 0 Å². The van der Waals surface area contributed by atoms with Crippen LogP contribution in [-0.2, 0) is 21.9 Å². The van der Waals surface area contributed by atoms with E-state index in [0.29, 0.717) is 30.9 Å². The molecule has 2 unspecified atom stereocenters. The van der Waals surface area contributed by atoms with E-state index in [0.717, 1.165) is 6.04 Å². The second-order valence-electron chi connectivity index (χ2n) is 11.9. The zero-order valence-corrected chi connectivity index (χ0v) is 26.9. The number of carbonyl (C=O) groups excluding carboxylic acids is 1. The molecule has 0 aliphatic carbocycles. The highest BCUT2D eigenvalue weighted by atomic mass is 28.5. The molecular weight excluding hydrogens is 487 g/mol. The first kappa shape index (κ1) is 32.4. The van der Waals surface area contributed by atoms with Crippen LogP contribution in [0.5, 0.6) is 0 Å². The average molecular weight is 536 g/mol. The van der Waals surface area contributed by atoms with Crippen LogP contribution < -0.4 is 5.32 Å². The van der Waals surface area contributed by atoms with Crippen LogP contribution in [0.15, 0.2) is 12.2 Å². The fourth-order valence-corrected chi connectivity index (χ4v) is 22.0. The Balaban J connectivity index is 5.17. The van der Waals surface area contributed by atoms with E-state index in [2.05, 4.69) is 70.8 Å². The normalized spacial score (nSPS) is 15.8. The molecule has 1 amide bonds. The summed E-state index contributed by atoms with van der Waals surface area (Å²) in [4.78, 5) is 24.0. The zero-order valence-electron chi connectivity index (χ0n) is 22.9. The zero-order chi connectivity index (χ0) is 26.3. The van der Waals surface area contributed by atoms with Crippen molar-refractivity contribution in [3.05, 3.63) is 12.2 Å². The SMILES string of the molecule is C=C(CC(C)C)C(CC(=O)O)C(=O)NCCC[Si](C)(O[Si](C)(C)C)O[Si](C)(C)O[Si](C)(C)C. The van der Waals surface area contributed by atoms with Crippen molar-refractivity contribution < 1.29 is 27.0 Å². The summed E-state index contributed by atoms with van der Waals surface area (Å²) in [6.07, 6.45) is 1.09. The lowest BCUT2D eigenvalue weighted by Crippen LogP contribution is -2.57. The number of amides is 1. The monoisotopic (exact) mass is 535 g/mol. The predicted octanol–water partition coefficient (Wildman–Crippen LogP) is 5.68. The Morgan fingerprint density at radius 1 is 0.879 bits per heavy atom. The first-order chi connectivity index (χ1) is 14.6. The number of carboxylic acid groups (broad SMARTS) is 1. The molecule has 0 fully saturated rings. The lowest BCUT2D eigenvalue weighted by molar-refractivity contribution is -0.140. The van der Waals surface area contributed by atoms with Gasteiger partial charge >= 0.3 is 23.1 Å². The molecule has 0 aromatic rings. The minimum Gasteiger partial charge on any atom is -0.481 e. The molecule has 0 saturated carbocycles. The fourth-order valence-electron chi connectivity index (χ4n) is 4.06. The highest BCUT2D eigenvalue weighted by Gasteiger charge is 2.44. The third kappa shape index (κ3) is 15.9. The lowest BCUT2D eigenvalue weighted by Gasteiger charge is -2.41. The number of aliphatic carboxylic acids is 1. The number of hydrogen-bond donors (Lipinski definition) is 2. The first-order valence-corrected chi connectivity index (χ1v) is 24.1. The van der Waals surface area contributed by atoms with Gasteiger partial charge in [0.05, 0.1) is 12.3 Å². The number of carboxylic acids is 1.